The van der Waals surface area contributed by atoms with Crippen molar-refractivity contribution in [3.05, 3.63) is 99.8 Å². The van der Waals surface area contributed by atoms with Crippen LogP contribution < -0.4 is 20.9 Å². The predicted octanol–water partition coefficient (Wildman–Crippen LogP) is 3.92. The number of hydrogen-bond acceptors (Lipinski definition) is 7. The molecule has 0 fully saturated rings. The van der Waals surface area contributed by atoms with Gasteiger partial charge in [-0.1, -0.05) is 36.4 Å². The van der Waals surface area contributed by atoms with E-state index in [4.69, 9.17) is 4.74 Å². The van der Waals surface area contributed by atoms with E-state index in [2.05, 4.69) is 15.6 Å². The molecule has 5 rings (SSSR count). The summed E-state index contributed by atoms with van der Waals surface area (Å²) in [7, 11) is 0. The third-order valence-electron chi connectivity index (χ3n) is 7.30. The summed E-state index contributed by atoms with van der Waals surface area (Å²) in [6, 6.07) is 21.2. The maximum Gasteiger partial charge on any atom is 0.313 e. The number of pyridine rings is 1. The number of rotatable bonds is 12. The Bertz CT molecular complexity index is 1550. The van der Waals surface area contributed by atoms with Gasteiger partial charge in [-0.3, -0.25) is 9.59 Å². The zero-order valence-electron chi connectivity index (χ0n) is 22.0. The molecule has 9 nitrogen and oxygen atoms in total. The molecule has 9 heteroatoms. The number of aliphatic carboxylic acids is 1. The summed E-state index contributed by atoms with van der Waals surface area (Å²) in [5, 5.41) is 37.7. The number of aromatic amines is 1. The summed E-state index contributed by atoms with van der Waals surface area (Å²) in [5.74, 6) is -0.744. The Balaban J connectivity index is 1.06. The fourth-order valence-corrected chi connectivity index (χ4v) is 5.36. The Morgan fingerprint density at radius 3 is 2.75 bits per heavy atom. The van der Waals surface area contributed by atoms with Gasteiger partial charge < -0.3 is 35.7 Å². The molecule has 2 unspecified atom stereocenters. The molecule has 0 radical (unpaired) electrons. The first-order valence-corrected chi connectivity index (χ1v) is 13.4. The molecule has 40 heavy (non-hydrogen) atoms. The van der Waals surface area contributed by atoms with Crippen LogP contribution in [-0.4, -0.2) is 52.0 Å². The average Bonchev–Trinajstić information content (AvgIpc) is 3.31. The standard InChI is InChI=1S/C31H33N3O6/c35-26-12-10-23(24-11-13-28(37)34-30(24)26)27(36)18-32-14-3-4-15-40-21-8-5-7-20(17-21)33-25-16-19-6-1-2-9-22(19)29(25)31(38)39/h1-2,5-13,17,25,27,29,32-33,35-36H,3-4,14-16,18H2,(H,34,37)(H,38,39)/t25?,27-,29?/m0/s1. The number of anilines is 1. The number of H-pyrrole nitrogens is 1. The molecule has 1 aliphatic rings. The lowest BCUT2D eigenvalue weighted by molar-refractivity contribution is -0.138. The number of benzene rings is 3. The second-order valence-electron chi connectivity index (χ2n) is 10.1. The van der Waals surface area contributed by atoms with Crippen molar-refractivity contribution >= 4 is 22.6 Å². The molecule has 0 spiro atoms. The van der Waals surface area contributed by atoms with E-state index in [1.165, 1.54) is 12.1 Å². The van der Waals surface area contributed by atoms with Crippen molar-refractivity contribution in [2.45, 2.75) is 37.3 Å². The van der Waals surface area contributed by atoms with Gasteiger partial charge in [0.2, 0.25) is 5.56 Å². The van der Waals surface area contributed by atoms with E-state index in [1.54, 1.807) is 12.1 Å². The van der Waals surface area contributed by atoms with Crippen molar-refractivity contribution in [2.24, 2.45) is 0 Å². The Hall–Kier alpha value is -4.34. The van der Waals surface area contributed by atoms with Gasteiger partial charge in [0, 0.05) is 35.8 Å². The maximum absolute atomic E-state index is 12.0. The number of carboxylic acid groups (broad SMARTS) is 1. The van der Waals surface area contributed by atoms with E-state index < -0.39 is 18.0 Å². The third kappa shape index (κ3) is 6.11. The van der Waals surface area contributed by atoms with Crippen LogP contribution in [-0.2, 0) is 11.2 Å². The van der Waals surface area contributed by atoms with E-state index in [1.807, 2.05) is 48.5 Å². The van der Waals surface area contributed by atoms with E-state index in [0.29, 0.717) is 48.3 Å². The summed E-state index contributed by atoms with van der Waals surface area (Å²) in [6.07, 6.45) is 1.51. The van der Waals surface area contributed by atoms with Gasteiger partial charge in [0.1, 0.15) is 17.4 Å². The van der Waals surface area contributed by atoms with Crippen LogP contribution in [0.1, 0.15) is 41.6 Å². The van der Waals surface area contributed by atoms with Gasteiger partial charge in [0.15, 0.2) is 0 Å². The highest BCUT2D eigenvalue weighted by Crippen LogP contribution is 2.36. The second-order valence-corrected chi connectivity index (χ2v) is 10.1. The van der Waals surface area contributed by atoms with E-state index >= 15 is 0 Å². The van der Waals surface area contributed by atoms with Crippen molar-refractivity contribution in [2.75, 3.05) is 25.0 Å². The normalized spacial score (nSPS) is 16.9. The summed E-state index contributed by atoms with van der Waals surface area (Å²) in [6.45, 7) is 1.54. The number of nitrogens with one attached hydrogen (secondary N) is 3. The lowest BCUT2D eigenvalue weighted by atomic mass is 9.98. The van der Waals surface area contributed by atoms with Crippen LogP contribution in [0.25, 0.3) is 10.9 Å². The molecule has 208 valence electrons. The molecule has 0 saturated heterocycles. The lowest BCUT2D eigenvalue weighted by Gasteiger charge is -2.20. The molecule has 0 bridgehead atoms. The smallest absolute Gasteiger partial charge is 0.313 e. The summed E-state index contributed by atoms with van der Waals surface area (Å²) in [5.41, 5.74) is 3.38. The summed E-state index contributed by atoms with van der Waals surface area (Å²) in [4.78, 5) is 26.2. The van der Waals surface area contributed by atoms with Gasteiger partial charge in [-0.2, -0.15) is 0 Å². The first-order chi connectivity index (χ1) is 19.4. The van der Waals surface area contributed by atoms with E-state index in [9.17, 15) is 24.9 Å². The Kier molecular flexibility index (Phi) is 8.33. The predicted molar refractivity (Wildman–Crippen MR) is 153 cm³/mol. The zero-order valence-corrected chi connectivity index (χ0v) is 22.0. The molecule has 1 aromatic heterocycles. The number of ether oxygens (including phenoxy) is 1. The number of hydrogen-bond donors (Lipinski definition) is 6. The number of phenolic OH excluding ortho intramolecular Hbond substituents is 1. The molecule has 0 aliphatic heterocycles. The van der Waals surface area contributed by atoms with Crippen molar-refractivity contribution in [3.63, 3.8) is 0 Å². The van der Waals surface area contributed by atoms with Crippen molar-refractivity contribution in [3.8, 4) is 11.5 Å². The van der Waals surface area contributed by atoms with Crippen LogP contribution in [0.4, 0.5) is 5.69 Å². The highest BCUT2D eigenvalue weighted by Gasteiger charge is 2.37. The lowest BCUT2D eigenvalue weighted by Crippen LogP contribution is -2.29. The summed E-state index contributed by atoms with van der Waals surface area (Å²) < 4.78 is 5.93. The average molecular weight is 544 g/mol. The number of aromatic hydroxyl groups is 1. The maximum atomic E-state index is 12.0. The Labute approximate surface area is 231 Å². The van der Waals surface area contributed by atoms with Gasteiger partial charge in [-0.15, -0.1) is 0 Å². The molecule has 0 amide bonds. The molecule has 3 atom stereocenters. The Morgan fingerprint density at radius 2 is 1.90 bits per heavy atom. The molecule has 1 heterocycles. The van der Waals surface area contributed by atoms with Gasteiger partial charge >= 0.3 is 5.97 Å². The number of fused-ring (bicyclic) bond motifs is 2. The second kappa shape index (κ2) is 12.2. The van der Waals surface area contributed by atoms with Crippen LogP contribution in [0.15, 0.2) is 77.6 Å². The van der Waals surface area contributed by atoms with Crippen LogP contribution in [0.2, 0.25) is 0 Å². The van der Waals surface area contributed by atoms with Crippen molar-refractivity contribution < 1.29 is 24.9 Å². The zero-order chi connectivity index (χ0) is 28.1. The number of aromatic nitrogens is 1. The van der Waals surface area contributed by atoms with Gasteiger partial charge in [-0.05, 0) is 66.8 Å². The van der Waals surface area contributed by atoms with Gasteiger partial charge in [-0.25, -0.2) is 0 Å². The van der Waals surface area contributed by atoms with Crippen LogP contribution in [0.5, 0.6) is 11.5 Å². The first kappa shape index (κ1) is 27.2. The van der Waals surface area contributed by atoms with Gasteiger partial charge in [0.05, 0.1) is 18.2 Å². The van der Waals surface area contributed by atoms with Crippen LogP contribution >= 0.6 is 0 Å². The molecule has 0 saturated carbocycles. The molecular formula is C31H33N3O6. The molecule has 6 N–H and O–H groups in total. The Morgan fingerprint density at radius 1 is 1.05 bits per heavy atom. The molecule has 3 aromatic carbocycles. The number of aliphatic hydroxyl groups is 1. The largest absolute Gasteiger partial charge is 0.506 e. The third-order valence-corrected chi connectivity index (χ3v) is 7.30. The topological polar surface area (TPSA) is 144 Å². The molecular weight excluding hydrogens is 510 g/mol. The van der Waals surface area contributed by atoms with Gasteiger partial charge in [0.25, 0.3) is 0 Å². The highest BCUT2D eigenvalue weighted by atomic mass is 16.5. The van der Waals surface area contributed by atoms with E-state index in [0.717, 1.165) is 29.7 Å². The SMILES string of the molecule is O=C(O)C1c2ccccc2CC1Nc1cccc(OCCCCNC[C@H](O)c2ccc(O)c3[nH]c(=O)ccc23)c1. The minimum Gasteiger partial charge on any atom is -0.506 e. The quantitative estimate of drug-likeness (QED) is 0.148. The summed E-state index contributed by atoms with van der Waals surface area (Å²) >= 11 is 0. The number of carbonyl (C=O) groups is 1. The minimum absolute atomic E-state index is 0.0357. The highest BCUT2D eigenvalue weighted by molar-refractivity contribution is 5.87. The fourth-order valence-electron chi connectivity index (χ4n) is 5.36. The van der Waals surface area contributed by atoms with Crippen LogP contribution in [0.3, 0.4) is 0 Å². The number of aliphatic hydroxyl groups excluding tert-OH is 1. The van der Waals surface area contributed by atoms with Crippen LogP contribution in [0, 0.1) is 0 Å². The molecule has 1 aliphatic carbocycles. The van der Waals surface area contributed by atoms with E-state index in [-0.39, 0.29) is 17.4 Å². The van der Waals surface area contributed by atoms with Crippen molar-refractivity contribution in [1.29, 1.82) is 0 Å². The monoisotopic (exact) mass is 543 g/mol. The number of unbranched alkanes of at least 4 members (excludes halogenated alkanes) is 1. The number of phenols is 1. The number of carboxylic acids is 1. The molecule has 4 aromatic rings. The minimum atomic E-state index is -0.830. The fraction of sp³-hybridized carbons (Fsp3) is 0.290. The van der Waals surface area contributed by atoms with Crippen molar-refractivity contribution in [1.82, 2.24) is 10.3 Å². The first-order valence-electron chi connectivity index (χ1n) is 13.4.